The minimum absolute atomic E-state index is 0.0718. The molecule has 2 bridgehead atoms. The maximum Gasteiger partial charge on any atom is 0.426 e. The molecule has 11 heteroatoms. The maximum atomic E-state index is 13.0. The molecule has 0 saturated heterocycles. The molecule has 2 aliphatic rings. The number of methoxy groups -OCH3 is 1. The van der Waals surface area contributed by atoms with Gasteiger partial charge in [0.25, 0.3) is 5.60 Å². The lowest BCUT2D eigenvalue weighted by Gasteiger charge is -2.38. The molecule has 5 nitrogen and oxygen atoms in total. The molecule has 0 aromatic carbocycles. The van der Waals surface area contributed by atoms with E-state index in [0.29, 0.717) is 12.8 Å². The molecule has 0 aromatic heterocycles. The molecule has 4 unspecified atom stereocenters. The van der Waals surface area contributed by atoms with E-state index in [4.69, 9.17) is 4.74 Å². The van der Waals surface area contributed by atoms with E-state index in [9.17, 15) is 41.0 Å². The molecular weight excluding hydrogens is 422 g/mol. The van der Waals surface area contributed by atoms with E-state index in [1.54, 1.807) is 0 Å². The predicted molar refractivity (Wildman–Crippen MR) is 90.9 cm³/mol. The number of carbonyl (C=O) groups is 2. The summed E-state index contributed by atoms with van der Waals surface area (Å²) in [6, 6.07) is 0. The van der Waals surface area contributed by atoms with Crippen molar-refractivity contribution in [1.29, 1.82) is 0 Å². The maximum absolute atomic E-state index is 13.0. The Morgan fingerprint density at radius 2 is 1.50 bits per heavy atom. The van der Waals surface area contributed by atoms with E-state index in [0.717, 1.165) is 0 Å². The Kier molecular flexibility index (Phi) is 6.76. The summed E-state index contributed by atoms with van der Waals surface area (Å²) < 4.78 is 88.0. The molecular formula is C19H26F6O5. The molecule has 2 fully saturated rings. The fraction of sp³-hybridized carbons (Fsp3) is 0.895. The number of rotatable bonds is 7. The van der Waals surface area contributed by atoms with Crippen LogP contribution in [0.25, 0.3) is 0 Å². The first kappa shape index (κ1) is 24.7. The molecule has 0 aromatic rings. The zero-order valence-corrected chi connectivity index (χ0v) is 16.9. The largest absolute Gasteiger partial charge is 0.469 e. The molecule has 30 heavy (non-hydrogen) atoms. The molecule has 0 aliphatic heterocycles. The van der Waals surface area contributed by atoms with Crippen molar-refractivity contribution in [2.75, 3.05) is 13.7 Å². The van der Waals surface area contributed by atoms with Gasteiger partial charge in [0.2, 0.25) is 0 Å². The zero-order valence-electron chi connectivity index (χ0n) is 16.9. The number of esters is 2. The normalized spacial score (nSPS) is 27.3. The molecule has 2 aliphatic carbocycles. The van der Waals surface area contributed by atoms with Gasteiger partial charge in [-0.3, -0.25) is 9.59 Å². The van der Waals surface area contributed by atoms with Crippen LogP contribution in [0.2, 0.25) is 0 Å². The fourth-order valence-corrected chi connectivity index (χ4v) is 4.73. The second-order valence-corrected chi connectivity index (χ2v) is 9.05. The summed E-state index contributed by atoms with van der Waals surface area (Å²) in [6.45, 7) is 2.79. The Morgan fingerprint density at radius 3 is 1.97 bits per heavy atom. The Labute approximate surface area is 170 Å². The standard InChI is InChI=1S/C19H26F6O5/c1-16(2,8-14(26)29-3)15(27)30-9-12-5-10-4-11(13(12)6-10)7-17(28,18(20,21)22)19(23,24)25/h10-13,28H,4-9H2,1-3H3. The van der Waals surface area contributed by atoms with Crippen molar-refractivity contribution in [2.45, 2.75) is 63.9 Å². The van der Waals surface area contributed by atoms with Crippen LogP contribution in [0.3, 0.4) is 0 Å². The summed E-state index contributed by atoms with van der Waals surface area (Å²) in [5.41, 5.74) is -5.95. The van der Waals surface area contributed by atoms with Gasteiger partial charge < -0.3 is 14.6 Å². The van der Waals surface area contributed by atoms with Crippen molar-refractivity contribution >= 4 is 11.9 Å². The Balaban J connectivity index is 2.03. The second kappa shape index (κ2) is 8.20. The number of halogens is 6. The van der Waals surface area contributed by atoms with Crippen molar-refractivity contribution in [3.8, 4) is 0 Å². The van der Waals surface area contributed by atoms with Gasteiger partial charge in [0.1, 0.15) is 0 Å². The molecule has 2 rings (SSSR count). The van der Waals surface area contributed by atoms with Gasteiger partial charge in [0, 0.05) is 0 Å². The smallest absolute Gasteiger partial charge is 0.426 e. The number of hydrogen-bond donors (Lipinski definition) is 1. The summed E-state index contributed by atoms with van der Waals surface area (Å²) in [4.78, 5) is 23.7. The van der Waals surface area contributed by atoms with Crippen molar-refractivity contribution in [1.82, 2.24) is 0 Å². The van der Waals surface area contributed by atoms with Crippen LogP contribution in [0.15, 0.2) is 0 Å². The Hall–Kier alpha value is -1.52. The molecule has 174 valence electrons. The van der Waals surface area contributed by atoms with E-state index >= 15 is 0 Å². The lowest BCUT2D eigenvalue weighted by Crippen LogP contribution is -2.58. The highest BCUT2D eigenvalue weighted by Gasteiger charge is 2.71. The van der Waals surface area contributed by atoms with Crippen molar-refractivity contribution < 1.29 is 50.5 Å². The summed E-state index contributed by atoms with van der Waals surface area (Å²) in [7, 11) is 1.17. The van der Waals surface area contributed by atoms with Gasteiger partial charge in [-0.1, -0.05) is 0 Å². The molecule has 4 atom stereocenters. The Morgan fingerprint density at radius 1 is 0.967 bits per heavy atom. The number of carbonyl (C=O) groups excluding carboxylic acids is 2. The van der Waals surface area contributed by atoms with Gasteiger partial charge in [-0.15, -0.1) is 0 Å². The lowest BCUT2D eigenvalue weighted by atomic mass is 9.75. The first-order valence-electron chi connectivity index (χ1n) is 9.61. The van der Waals surface area contributed by atoms with Crippen molar-refractivity contribution in [3.63, 3.8) is 0 Å². The Bertz CT molecular complexity index is 643. The van der Waals surface area contributed by atoms with Crippen molar-refractivity contribution in [3.05, 3.63) is 0 Å². The van der Waals surface area contributed by atoms with Crippen LogP contribution in [-0.2, 0) is 19.1 Å². The van der Waals surface area contributed by atoms with Gasteiger partial charge in [-0.05, 0) is 63.2 Å². The summed E-state index contributed by atoms with van der Waals surface area (Å²) in [6.07, 6.45) is -12.2. The number of ether oxygens (including phenoxy) is 2. The summed E-state index contributed by atoms with van der Waals surface area (Å²) in [5.74, 6) is -3.27. The topological polar surface area (TPSA) is 72.8 Å². The quantitative estimate of drug-likeness (QED) is 0.470. The van der Waals surface area contributed by atoms with Gasteiger partial charge in [0.05, 0.1) is 25.6 Å². The van der Waals surface area contributed by atoms with E-state index in [1.807, 2.05) is 0 Å². The van der Waals surface area contributed by atoms with Gasteiger partial charge in [0.15, 0.2) is 0 Å². The van der Waals surface area contributed by atoms with Crippen LogP contribution >= 0.6 is 0 Å². The second-order valence-electron chi connectivity index (χ2n) is 9.05. The number of hydrogen-bond acceptors (Lipinski definition) is 5. The van der Waals surface area contributed by atoms with Crippen LogP contribution in [0.5, 0.6) is 0 Å². The average Bonchev–Trinajstić information content (AvgIpc) is 3.16. The highest BCUT2D eigenvalue weighted by atomic mass is 19.4. The highest BCUT2D eigenvalue weighted by molar-refractivity contribution is 5.82. The van der Waals surface area contributed by atoms with Crippen LogP contribution < -0.4 is 0 Å². The summed E-state index contributed by atoms with van der Waals surface area (Å²) >= 11 is 0. The lowest BCUT2D eigenvalue weighted by molar-refractivity contribution is -0.373. The first-order chi connectivity index (χ1) is 13.5. The molecule has 2 saturated carbocycles. The third-order valence-corrected chi connectivity index (χ3v) is 6.38. The molecule has 0 radical (unpaired) electrons. The van der Waals surface area contributed by atoms with E-state index in [-0.39, 0.29) is 25.4 Å². The van der Waals surface area contributed by atoms with E-state index in [2.05, 4.69) is 4.74 Å². The zero-order chi connectivity index (χ0) is 23.1. The molecule has 1 N–H and O–H groups in total. The van der Waals surface area contributed by atoms with Crippen LogP contribution in [-0.4, -0.2) is 48.7 Å². The third kappa shape index (κ3) is 4.86. The minimum atomic E-state index is -5.84. The summed E-state index contributed by atoms with van der Waals surface area (Å²) in [5, 5.41) is 9.51. The van der Waals surface area contributed by atoms with Crippen LogP contribution in [0.1, 0.15) is 46.0 Å². The fourth-order valence-electron chi connectivity index (χ4n) is 4.73. The highest BCUT2D eigenvalue weighted by Crippen LogP contribution is 2.57. The molecule has 0 heterocycles. The third-order valence-electron chi connectivity index (χ3n) is 6.38. The average molecular weight is 448 g/mol. The molecule has 0 spiro atoms. The van der Waals surface area contributed by atoms with Crippen molar-refractivity contribution in [2.24, 2.45) is 29.1 Å². The van der Waals surface area contributed by atoms with E-state index < -0.39 is 59.5 Å². The molecule has 0 amide bonds. The monoisotopic (exact) mass is 448 g/mol. The van der Waals surface area contributed by atoms with Gasteiger partial charge in [-0.2, -0.15) is 26.3 Å². The van der Waals surface area contributed by atoms with E-state index in [1.165, 1.54) is 21.0 Å². The van der Waals surface area contributed by atoms with Gasteiger partial charge in [-0.25, -0.2) is 0 Å². The predicted octanol–water partition coefficient (Wildman–Crippen LogP) is 4.03. The number of aliphatic hydroxyl groups is 1. The first-order valence-corrected chi connectivity index (χ1v) is 9.61. The number of alkyl halides is 6. The van der Waals surface area contributed by atoms with Gasteiger partial charge >= 0.3 is 24.3 Å². The number of fused-ring (bicyclic) bond motifs is 2. The SMILES string of the molecule is COC(=O)CC(C)(C)C(=O)OCC1CC2CC(CC(O)(C(F)(F)F)C(F)(F)F)C1C2. The minimum Gasteiger partial charge on any atom is -0.469 e. The van der Waals surface area contributed by atoms with Crippen LogP contribution in [0, 0.1) is 29.1 Å². The van der Waals surface area contributed by atoms with Crippen LogP contribution in [0.4, 0.5) is 26.3 Å².